The van der Waals surface area contributed by atoms with Crippen molar-refractivity contribution in [1.29, 1.82) is 0 Å². The van der Waals surface area contributed by atoms with Crippen molar-refractivity contribution in [3.63, 3.8) is 0 Å². The Balaban J connectivity index is 8.79. The number of halogens is 32. The molecular weight excluding hydrogens is 975 g/mol. The summed E-state index contributed by atoms with van der Waals surface area (Å²) < 4.78 is 419. The van der Waals surface area contributed by atoms with Gasteiger partial charge < -0.3 is 0 Å². The van der Waals surface area contributed by atoms with Gasteiger partial charge in [-0.2, -0.15) is 0 Å². The Labute approximate surface area is 272 Å². The van der Waals surface area contributed by atoms with Gasteiger partial charge in [0.15, 0.2) is 0 Å². The zero-order chi connectivity index (χ0) is 43.9. The second-order valence-corrected chi connectivity index (χ2v) is 18.9. The van der Waals surface area contributed by atoms with Gasteiger partial charge in [0.2, 0.25) is 0 Å². The van der Waals surface area contributed by atoms with E-state index in [-0.39, 0.29) is 0 Å². The van der Waals surface area contributed by atoms with Crippen molar-refractivity contribution in [3.05, 3.63) is 0 Å². The van der Waals surface area contributed by atoms with Crippen LogP contribution in [0.15, 0.2) is 0 Å². The Morgan fingerprint density at radius 1 is 0.340 bits per heavy atom. The summed E-state index contributed by atoms with van der Waals surface area (Å²) in [5, 5.41) is 0. The normalized spacial score (nSPS) is 16.9. The van der Waals surface area contributed by atoms with Gasteiger partial charge in [0.25, 0.3) is 0 Å². The summed E-state index contributed by atoms with van der Waals surface area (Å²) in [6, 6.07) is 0. The molecule has 0 aliphatic carbocycles. The van der Waals surface area contributed by atoms with E-state index in [1.807, 2.05) is 0 Å². The van der Waals surface area contributed by atoms with Crippen molar-refractivity contribution in [1.82, 2.24) is 0 Å². The fourth-order valence-electron chi connectivity index (χ4n) is 3.45. The first-order chi connectivity index (χ1) is 22.3. The number of hydrogen-bond donors (Lipinski definition) is 0. The van der Waals surface area contributed by atoms with Gasteiger partial charge in [0, 0.05) is 0 Å². The predicted molar refractivity (Wildman–Crippen MR) is 101 cm³/mol. The van der Waals surface area contributed by atoms with Crippen molar-refractivity contribution in [2.75, 3.05) is 7.11 Å². The van der Waals surface area contributed by atoms with E-state index in [0.29, 0.717) is 0 Å². The zero-order valence-electron chi connectivity index (χ0n) is 23.4. The van der Waals surface area contributed by atoms with Gasteiger partial charge in [-0.15, -0.1) is 0 Å². The van der Waals surface area contributed by atoms with Crippen LogP contribution in [0.1, 0.15) is 12.8 Å². The predicted octanol–water partition coefficient (Wildman–Crippen LogP) is 10.9. The summed E-state index contributed by atoms with van der Waals surface area (Å²) in [6.45, 7) is 0. The molecule has 0 aromatic heterocycles. The first-order valence-electron chi connectivity index (χ1n) is 11.6. The molecule has 0 atom stereocenters. The Kier molecular flexibility index (Phi) is 13.2. The van der Waals surface area contributed by atoms with Crippen LogP contribution in [0.25, 0.3) is 0 Å². The molecule has 35 heteroatoms. The molecule has 0 N–H and O–H groups in total. The van der Waals surface area contributed by atoms with Crippen LogP contribution in [-0.2, 0) is 6.15 Å². The van der Waals surface area contributed by atoms with E-state index in [4.69, 9.17) is 0 Å². The van der Waals surface area contributed by atoms with E-state index in [1.165, 1.54) is 0 Å². The molecule has 0 saturated heterocycles. The van der Waals surface area contributed by atoms with Gasteiger partial charge in [0.05, 0.1) is 0 Å². The second kappa shape index (κ2) is 13.6. The molecule has 0 radical (unpaired) electrons. The van der Waals surface area contributed by atoms with E-state index in [2.05, 4.69) is 6.15 Å². The minimum atomic E-state index is -12.4. The van der Waals surface area contributed by atoms with Crippen LogP contribution in [0.3, 0.4) is 0 Å². The van der Waals surface area contributed by atoms with Crippen LogP contribution in [0.5, 0.6) is 0 Å². The molecule has 0 amide bonds. The van der Waals surface area contributed by atoms with Crippen LogP contribution < -0.4 is 0 Å². The van der Waals surface area contributed by atoms with Gasteiger partial charge in [-0.25, -0.2) is 0 Å². The van der Waals surface area contributed by atoms with Gasteiger partial charge in [-0.05, 0) is 0 Å². The SMILES string of the molecule is C[O][Sn]([O]C(CC(F)(F)C(F)(F)C(F)(F)F)CC(F)(F)C(F)(F)C(F)(F)F)([C](F)(F)C(F)(F)C(F)(F)C(F)(F)F)[C](F)(F)C(F)(F)C(F)(F)C(F)(F)F. The van der Waals surface area contributed by atoms with Crippen LogP contribution in [0, 0.1) is 0 Å². The summed E-state index contributed by atoms with van der Waals surface area (Å²) in [7, 11) is -1.65. The monoisotopic (exact) mass is 984 g/mol. The van der Waals surface area contributed by atoms with E-state index in [1.54, 1.807) is 0 Å². The summed E-state index contributed by atoms with van der Waals surface area (Å²) >= 11 is -12.4. The van der Waals surface area contributed by atoms with Gasteiger partial charge in [0.1, 0.15) is 0 Å². The molecule has 0 aromatic carbocycles. The fourth-order valence-corrected chi connectivity index (χ4v) is 12.2. The number of alkyl halides is 32. The molecule has 0 unspecified atom stereocenters. The third-order valence-corrected chi connectivity index (χ3v) is 16.4. The van der Waals surface area contributed by atoms with E-state index in [9.17, 15) is 123 Å². The summed E-state index contributed by atoms with van der Waals surface area (Å²) in [4.78, 5) is 0. The third kappa shape index (κ3) is 7.66. The zero-order valence-corrected chi connectivity index (χ0v) is 26.3. The second-order valence-electron chi connectivity index (χ2n) is 9.96. The van der Waals surface area contributed by atoms with Crippen LogP contribution in [0.4, 0.5) is 140 Å². The molecule has 0 aliphatic rings. The average molecular weight is 983 g/mol. The van der Waals surface area contributed by atoms with Crippen molar-refractivity contribution < 1.29 is 147 Å². The maximum atomic E-state index is 15.1. The molecule has 0 rings (SSSR count). The average Bonchev–Trinajstić information content (AvgIpc) is 2.87. The molecule has 2 nitrogen and oxygen atoms in total. The maximum absolute atomic E-state index is 15.1. The quantitative estimate of drug-likeness (QED) is 0.120. The molecule has 0 aromatic rings. The molecular formula is C18H8F32O2Sn. The minimum absolute atomic E-state index is 1.65. The first kappa shape index (κ1) is 51.5. The van der Waals surface area contributed by atoms with Crippen molar-refractivity contribution in [3.8, 4) is 0 Å². The fraction of sp³-hybridized carbons (Fsp3) is 1.00. The molecule has 320 valence electrons. The molecule has 53 heavy (non-hydrogen) atoms. The standard InChI is InChI=1S/C9H5F14O.2C4F9.CH3O.Sn/c10-4(11,6(14,15)8(18,19)20)1-3(24)2-5(12,13)7(16,17)9(21,22)23;2*5-1(6)2(7,8)3(9,10)4(11,12)13;1-2;/h3H,1-2H2;;;1H3;/q-1;;;-1;+2. The molecule has 0 spiro atoms. The van der Waals surface area contributed by atoms with Gasteiger partial charge >= 0.3 is 272 Å². The summed E-state index contributed by atoms with van der Waals surface area (Å²) in [6.07, 6.45) is -48.9. The Morgan fingerprint density at radius 2 is 0.547 bits per heavy atom. The van der Waals surface area contributed by atoms with Gasteiger partial charge in [-0.1, -0.05) is 0 Å². The van der Waals surface area contributed by atoms with Crippen LogP contribution in [0.2, 0.25) is 0 Å². The number of hydrogen-bond acceptors (Lipinski definition) is 2. The molecule has 0 aliphatic heterocycles. The molecule has 0 bridgehead atoms. The molecule has 0 saturated carbocycles. The van der Waals surface area contributed by atoms with Crippen molar-refractivity contribution in [2.24, 2.45) is 0 Å². The molecule has 0 fully saturated rings. The summed E-state index contributed by atoms with van der Waals surface area (Å²) in [5.41, 5.74) is 0. The first-order valence-corrected chi connectivity index (χ1v) is 16.8. The Bertz CT molecular complexity index is 1180. The van der Waals surface area contributed by atoms with Crippen LogP contribution in [-0.4, -0.2) is 112 Å². The van der Waals surface area contributed by atoms with Gasteiger partial charge in [-0.3, -0.25) is 0 Å². The van der Waals surface area contributed by atoms with Crippen molar-refractivity contribution in [2.45, 2.75) is 98.9 Å². The van der Waals surface area contributed by atoms with E-state index in [0.717, 1.165) is 0 Å². The topological polar surface area (TPSA) is 18.5 Å². The molecule has 0 heterocycles. The summed E-state index contributed by atoms with van der Waals surface area (Å²) in [5.74, 6) is -68.4. The van der Waals surface area contributed by atoms with E-state index >= 15 is 17.6 Å². The van der Waals surface area contributed by atoms with Crippen LogP contribution >= 0.6 is 0 Å². The van der Waals surface area contributed by atoms with Crippen molar-refractivity contribution >= 4 is 19.2 Å². The third-order valence-electron chi connectivity index (χ3n) is 6.34. The van der Waals surface area contributed by atoms with E-state index < -0.39 is 125 Å². The Morgan fingerprint density at radius 3 is 0.717 bits per heavy atom. The number of rotatable bonds is 15. The Hall–Kier alpha value is -1.52.